The summed E-state index contributed by atoms with van der Waals surface area (Å²) >= 11 is 1.27. The second-order valence-electron chi connectivity index (χ2n) is 12.8. The zero-order chi connectivity index (χ0) is 28.3. The van der Waals surface area contributed by atoms with Gasteiger partial charge < -0.3 is 0 Å². The molecule has 0 atom stereocenters. The van der Waals surface area contributed by atoms with Gasteiger partial charge in [-0.3, -0.25) is 0 Å². The molecule has 0 aromatic heterocycles. The summed E-state index contributed by atoms with van der Waals surface area (Å²) in [4.78, 5) is 0. The smallest absolute Gasteiger partial charge is 0.0408 e. The number of benzene rings is 3. The molecule has 196 valence electrons. The van der Waals surface area contributed by atoms with Crippen LogP contribution in [0.2, 0.25) is 0 Å². The first-order valence-electron chi connectivity index (χ1n) is 13.7. The van der Waals surface area contributed by atoms with Gasteiger partial charge in [0.2, 0.25) is 0 Å². The fourth-order valence-electron chi connectivity index (χ4n) is 4.69. The van der Waals surface area contributed by atoms with Crippen LogP contribution >= 0.6 is 0 Å². The molecule has 0 nitrogen and oxygen atoms in total. The van der Waals surface area contributed by atoms with Crippen LogP contribution in [0.5, 0.6) is 0 Å². The Balaban J connectivity index is 0.000000200. The Bertz CT molecular complexity index is 1400. The van der Waals surface area contributed by atoms with Crippen molar-refractivity contribution in [2.75, 3.05) is 0 Å². The van der Waals surface area contributed by atoms with Gasteiger partial charge in [0.25, 0.3) is 0 Å². The van der Waals surface area contributed by atoms with Crippen molar-refractivity contribution in [3.05, 3.63) is 107 Å². The van der Waals surface area contributed by atoms with E-state index in [1.54, 1.807) is 3.26 Å². The maximum atomic E-state index is 3.33. The topological polar surface area (TPSA) is 0 Å². The van der Waals surface area contributed by atoms with Gasteiger partial charge in [-0.2, -0.15) is 17.7 Å². The molecule has 1 aliphatic carbocycles. The molecule has 4 aromatic carbocycles. The van der Waals surface area contributed by atoms with Crippen LogP contribution in [0.1, 0.15) is 89.6 Å². The summed E-state index contributed by atoms with van der Waals surface area (Å²) in [7, 11) is 0. The zero-order valence-corrected chi connectivity index (χ0v) is 28.7. The van der Waals surface area contributed by atoms with Crippen LogP contribution in [-0.4, -0.2) is 3.26 Å². The van der Waals surface area contributed by atoms with E-state index >= 15 is 0 Å². The molecule has 0 saturated heterocycles. The van der Waals surface area contributed by atoms with E-state index in [4.69, 9.17) is 0 Å². The van der Waals surface area contributed by atoms with Gasteiger partial charge in [-0.1, -0.05) is 101 Å². The third kappa shape index (κ3) is 8.12. The van der Waals surface area contributed by atoms with Crippen molar-refractivity contribution in [2.45, 2.75) is 86.5 Å². The molecule has 0 fully saturated rings. The maximum Gasteiger partial charge on any atom is -0.0408 e. The van der Waals surface area contributed by atoms with Crippen LogP contribution in [0.25, 0.3) is 27.1 Å². The fraction of sp³-hybridized carbons (Fsp3) is 0.351. The monoisotopic (exact) mass is 668 g/mol. The summed E-state index contributed by atoms with van der Waals surface area (Å²) < 4.78 is 1.56. The van der Waals surface area contributed by atoms with E-state index in [1.165, 1.54) is 78.8 Å². The van der Waals surface area contributed by atoms with E-state index in [1.807, 2.05) is 0 Å². The SMILES string of the molecule is CC(C)(C)c1ccc2c(c1)[cH-]c1cc(C(C)(C)C)ccc12.C[C](C)=[Hf+2].Cc1cc(C)cc(C2=[C-]CC=C2)c1. The van der Waals surface area contributed by atoms with Gasteiger partial charge in [-0.05, 0) is 24.7 Å². The minimum atomic E-state index is 0.203. The number of fused-ring (bicyclic) bond motifs is 3. The Morgan fingerprint density at radius 2 is 1.18 bits per heavy atom. The van der Waals surface area contributed by atoms with Gasteiger partial charge in [0.05, 0.1) is 0 Å². The molecule has 0 spiro atoms. The van der Waals surface area contributed by atoms with Crippen LogP contribution in [0.15, 0.2) is 72.8 Å². The third-order valence-electron chi connectivity index (χ3n) is 6.66. The average Bonchev–Trinajstić information content (AvgIpc) is 3.44. The standard InChI is InChI=1S/C21H25.C13H13.C3H6.Hf/c1-20(2,3)16-7-9-18-14(12-16)11-15-13-17(21(4,5)6)8-10-19(15)18;1-10-7-11(2)9-13(8-10)12-5-3-4-6-12;1-3-2;/h7-13H,1-6H3;3,5,7-9H,4H2,1-2H3;1-2H3;/q2*-1;;+2. The molecule has 4 aromatic rings. The predicted molar refractivity (Wildman–Crippen MR) is 167 cm³/mol. The minimum absolute atomic E-state index is 0.203. The molecule has 0 amide bonds. The van der Waals surface area contributed by atoms with Crippen molar-refractivity contribution in [1.82, 2.24) is 0 Å². The molecule has 0 heterocycles. The predicted octanol–water partition coefficient (Wildman–Crippen LogP) is 10.5. The van der Waals surface area contributed by atoms with E-state index in [0.717, 1.165) is 6.42 Å². The molecular formula is C37H44Hf. The van der Waals surface area contributed by atoms with Gasteiger partial charge in [0.15, 0.2) is 0 Å². The number of aryl methyl sites for hydroxylation is 2. The largest absolute Gasteiger partial charge is 0.197 e. The zero-order valence-electron chi connectivity index (χ0n) is 25.1. The van der Waals surface area contributed by atoms with Gasteiger partial charge >= 0.3 is 41.0 Å². The Morgan fingerprint density at radius 3 is 1.55 bits per heavy atom. The van der Waals surface area contributed by atoms with Crippen molar-refractivity contribution in [2.24, 2.45) is 0 Å². The molecule has 38 heavy (non-hydrogen) atoms. The van der Waals surface area contributed by atoms with Gasteiger partial charge in [0, 0.05) is 0 Å². The number of hydrogen-bond acceptors (Lipinski definition) is 0. The van der Waals surface area contributed by atoms with Crippen LogP contribution in [-0.2, 0) is 34.7 Å². The molecule has 0 unspecified atom stereocenters. The van der Waals surface area contributed by atoms with Crippen LogP contribution in [0, 0.1) is 19.9 Å². The van der Waals surface area contributed by atoms with Gasteiger partial charge in [-0.15, -0.1) is 63.5 Å². The second kappa shape index (κ2) is 12.3. The molecule has 0 saturated carbocycles. The first-order chi connectivity index (χ1) is 17.6. The summed E-state index contributed by atoms with van der Waals surface area (Å²) in [6.45, 7) is 22.2. The van der Waals surface area contributed by atoms with Gasteiger partial charge in [0.1, 0.15) is 0 Å². The molecule has 5 rings (SSSR count). The van der Waals surface area contributed by atoms with Crippen molar-refractivity contribution in [3.8, 4) is 0 Å². The number of rotatable bonds is 1. The molecule has 1 aliphatic rings. The van der Waals surface area contributed by atoms with Crippen LogP contribution in [0.3, 0.4) is 0 Å². The summed E-state index contributed by atoms with van der Waals surface area (Å²) in [6, 6.07) is 22.8. The Hall–Kier alpha value is -2.25. The van der Waals surface area contributed by atoms with E-state index in [2.05, 4.69) is 148 Å². The minimum Gasteiger partial charge on any atom is -0.197 e. The molecule has 0 radical (unpaired) electrons. The summed E-state index contributed by atoms with van der Waals surface area (Å²) in [6.07, 6.45) is 8.59. The normalized spacial score (nSPS) is 13.1. The third-order valence-corrected chi connectivity index (χ3v) is 6.66. The summed E-state index contributed by atoms with van der Waals surface area (Å²) in [5.74, 6) is 0. The summed E-state index contributed by atoms with van der Waals surface area (Å²) in [5.41, 5.74) is 8.40. The molecule has 0 N–H and O–H groups in total. The molecule has 0 aliphatic heterocycles. The molecule has 1 heteroatoms. The van der Waals surface area contributed by atoms with E-state index in [-0.39, 0.29) is 10.8 Å². The van der Waals surface area contributed by atoms with Crippen molar-refractivity contribution in [1.29, 1.82) is 0 Å². The first kappa shape index (κ1) is 30.3. The van der Waals surface area contributed by atoms with Gasteiger partial charge in [-0.25, -0.2) is 0 Å². The second-order valence-corrected chi connectivity index (χ2v) is 16.4. The summed E-state index contributed by atoms with van der Waals surface area (Å²) in [5, 5.41) is 5.48. The Labute approximate surface area is 246 Å². The number of allylic oxidation sites excluding steroid dienone is 4. The fourth-order valence-corrected chi connectivity index (χ4v) is 4.69. The Morgan fingerprint density at radius 1 is 0.737 bits per heavy atom. The Kier molecular flexibility index (Phi) is 9.80. The first-order valence-corrected chi connectivity index (χ1v) is 15.5. The maximum absolute atomic E-state index is 3.33. The average molecular weight is 667 g/mol. The molecule has 0 bridgehead atoms. The van der Waals surface area contributed by atoms with Crippen molar-refractivity contribution < 1.29 is 23.9 Å². The molecular weight excluding hydrogens is 623 g/mol. The number of hydrogen-bond donors (Lipinski definition) is 0. The van der Waals surface area contributed by atoms with Crippen LogP contribution < -0.4 is 0 Å². The quantitative estimate of drug-likeness (QED) is 0.140. The van der Waals surface area contributed by atoms with E-state index in [9.17, 15) is 0 Å². The van der Waals surface area contributed by atoms with Crippen LogP contribution in [0.4, 0.5) is 0 Å². The van der Waals surface area contributed by atoms with E-state index in [0.29, 0.717) is 0 Å². The van der Waals surface area contributed by atoms with Crippen molar-refractivity contribution >= 4 is 30.4 Å². The van der Waals surface area contributed by atoms with E-state index < -0.39 is 0 Å². The van der Waals surface area contributed by atoms with Crippen molar-refractivity contribution in [3.63, 3.8) is 0 Å².